The average molecular weight is 333 g/mol. The summed E-state index contributed by atoms with van der Waals surface area (Å²) in [5, 5.41) is 5.99. The summed E-state index contributed by atoms with van der Waals surface area (Å²) in [5.74, 6) is 0.0915. The molecular weight excluding hydrogens is 305 g/mol. The number of alkyl halides is 1. The van der Waals surface area contributed by atoms with Gasteiger partial charge in [-0.25, -0.2) is 4.39 Å². The maximum Gasteiger partial charge on any atom is 0.230 e. The molecule has 3 rings (SSSR count). The Bertz CT molecular complexity index is 582. The van der Waals surface area contributed by atoms with Crippen molar-refractivity contribution in [2.75, 3.05) is 31.5 Å². The molecule has 1 aromatic carbocycles. The summed E-state index contributed by atoms with van der Waals surface area (Å²) in [6.07, 6.45) is 1.04. The van der Waals surface area contributed by atoms with Crippen LogP contribution in [0.25, 0.3) is 0 Å². The van der Waals surface area contributed by atoms with E-state index in [0.29, 0.717) is 12.8 Å². The molecule has 2 fully saturated rings. The zero-order valence-electron chi connectivity index (χ0n) is 14.9. The molecule has 1 amide bonds. The van der Waals surface area contributed by atoms with Crippen LogP contribution in [0.3, 0.4) is 0 Å². The van der Waals surface area contributed by atoms with E-state index in [-0.39, 0.29) is 17.4 Å². The number of likely N-dealkylation sites (tertiary alicyclic amines) is 1. The van der Waals surface area contributed by atoms with Gasteiger partial charge in [0.1, 0.15) is 5.67 Å². The monoisotopic (exact) mass is 333 g/mol. The highest BCUT2D eigenvalue weighted by Gasteiger charge is 2.38. The van der Waals surface area contributed by atoms with Crippen molar-refractivity contribution >= 4 is 11.6 Å². The topological polar surface area (TPSA) is 44.4 Å². The van der Waals surface area contributed by atoms with Gasteiger partial charge < -0.3 is 10.6 Å². The van der Waals surface area contributed by atoms with Crippen LogP contribution in [-0.4, -0.2) is 42.5 Å². The molecule has 1 aromatic rings. The molecule has 0 aliphatic carbocycles. The van der Waals surface area contributed by atoms with E-state index in [1.807, 2.05) is 24.3 Å². The molecule has 2 saturated heterocycles. The minimum absolute atomic E-state index is 0.0370. The van der Waals surface area contributed by atoms with Crippen molar-refractivity contribution in [1.29, 1.82) is 0 Å². The lowest BCUT2D eigenvalue weighted by atomic mass is 9.84. The SMILES string of the molecule is CC(C)(C)N1CCC(F)(c2ccc(NC(=O)C3CNC3)cc2)CC1. The van der Waals surface area contributed by atoms with Crippen molar-refractivity contribution in [3.8, 4) is 0 Å². The Morgan fingerprint density at radius 2 is 1.79 bits per heavy atom. The zero-order chi connectivity index (χ0) is 17.4. The maximum absolute atomic E-state index is 15.3. The molecule has 0 unspecified atom stereocenters. The number of anilines is 1. The molecule has 0 saturated carbocycles. The first-order valence-electron chi connectivity index (χ1n) is 8.84. The summed E-state index contributed by atoms with van der Waals surface area (Å²) in [6.45, 7) is 9.54. The number of nitrogens with one attached hydrogen (secondary N) is 2. The van der Waals surface area contributed by atoms with E-state index in [9.17, 15) is 4.79 Å². The standard InChI is InChI=1S/C19H28FN3O/c1-18(2,3)23-10-8-19(20,9-11-23)15-4-6-16(7-5-15)22-17(24)14-12-21-13-14/h4-7,14,21H,8-13H2,1-3H3,(H,22,24). The Labute approximate surface area is 143 Å². The van der Waals surface area contributed by atoms with E-state index < -0.39 is 5.67 Å². The summed E-state index contributed by atoms with van der Waals surface area (Å²) in [4.78, 5) is 14.3. The first-order chi connectivity index (χ1) is 11.3. The minimum Gasteiger partial charge on any atom is -0.326 e. The Morgan fingerprint density at radius 1 is 1.21 bits per heavy atom. The van der Waals surface area contributed by atoms with Crippen LogP contribution in [0.15, 0.2) is 24.3 Å². The lowest BCUT2D eigenvalue weighted by Crippen LogP contribution is -2.49. The third-order valence-electron chi connectivity index (χ3n) is 5.33. The molecule has 2 N–H and O–H groups in total. The summed E-state index contributed by atoms with van der Waals surface area (Å²) in [6, 6.07) is 7.27. The fourth-order valence-corrected chi connectivity index (χ4v) is 3.39. The molecule has 132 valence electrons. The number of halogens is 1. The second kappa shape index (κ2) is 6.45. The molecule has 0 atom stereocenters. The summed E-state index contributed by atoms with van der Waals surface area (Å²) in [5.41, 5.74) is 0.291. The highest BCUT2D eigenvalue weighted by molar-refractivity contribution is 5.93. The quantitative estimate of drug-likeness (QED) is 0.894. The second-order valence-corrected chi connectivity index (χ2v) is 8.04. The predicted octanol–water partition coefficient (Wildman–Crippen LogP) is 2.90. The molecule has 0 radical (unpaired) electrons. The third kappa shape index (κ3) is 3.62. The number of rotatable bonds is 3. The van der Waals surface area contributed by atoms with Gasteiger partial charge in [-0.15, -0.1) is 0 Å². The zero-order valence-corrected chi connectivity index (χ0v) is 14.9. The van der Waals surface area contributed by atoms with Crippen molar-refractivity contribution < 1.29 is 9.18 Å². The predicted molar refractivity (Wildman–Crippen MR) is 94.8 cm³/mol. The van der Waals surface area contributed by atoms with E-state index >= 15 is 4.39 Å². The molecule has 0 aromatic heterocycles. The fourth-order valence-electron chi connectivity index (χ4n) is 3.39. The van der Waals surface area contributed by atoms with Crippen LogP contribution in [0.5, 0.6) is 0 Å². The van der Waals surface area contributed by atoms with Crippen LogP contribution >= 0.6 is 0 Å². The van der Waals surface area contributed by atoms with E-state index in [1.165, 1.54) is 0 Å². The highest BCUT2D eigenvalue weighted by atomic mass is 19.1. The van der Waals surface area contributed by atoms with Crippen LogP contribution < -0.4 is 10.6 Å². The smallest absolute Gasteiger partial charge is 0.230 e. The molecule has 24 heavy (non-hydrogen) atoms. The van der Waals surface area contributed by atoms with Crippen molar-refractivity contribution in [2.24, 2.45) is 5.92 Å². The summed E-state index contributed by atoms with van der Waals surface area (Å²) < 4.78 is 15.3. The van der Waals surface area contributed by atoms with Crippen LogP contribution in [0.4, 0.5) is 10.1 Å². The molecule has 0 bridgehead atoms. The van der Waals surface area contributed by atoms with Crippen molar-refractivity contribution in [3.05, 3.63) is 29.8 Å². The number of hydrogen-bond acceptors (Lipinski definition) is 3. The Hall–Kier alpha value is -1.46. The van der Waals surface area contributed by atoms with Gasteiger partial charge in [0.25, 0.3) is 0 Å². The summed E-state index contributed by atoms with van der Waals surface area (Å²) in [7, 11) is 0. The van der Waals surface area contributed by atoms with Gasteiger partial charge in [-0.05, 0) is 51.3 Å². The number of benzene rings is 1. The van der Waals surface area contributed by atoms with Gasteiger partial charge in [-0.1, -0.05) is 12.1 Å². The van der Waals surface area contributed by atoms with E-state index in [0.717, 1.165) is 37.4 Å². The molecule has 4 nitrogen and oxygen atoms in total. The molecule has 2 aliphatic rings. The van der Waals surface area contributed by atoms with Crippen LogP contribution in [0, 0.1) is 5.92 Å². The first kappa shape index (κ1) is 17.4. The highest BCUT2D eigenvalue weighted by Crippen LogP contribution is 2.39. The van der Waals surface area contributed by atoms with Gasteiger partial charge in [0.15, 0.2) is 0 Å². The van der Waals surface area contributed by atoms with Gasteiger partial charge in [-0.2, -0.15) is 0 Å². The van der Waals surface area contributed by atoms with Crippen LogP contribution in [-0.2, 0) is 10.5 Å². The summed E-state index contributed by atoms with van der Waals surface area (Å²) >= 11 is 0. The molecular formula is C19H28FN3O. The number of piperidine rings is 1. The Balaban J connectivity index is 1.61. The van der Waals surface area contributed by atoms with Gasteiger partial charge in [0, 0.05) is 37.4 Å². The molecule has 2 heterocycles. The normalized spacial score (nSPS) is 22.0. The van der Waals surface area contributed by atoms with Gasteiger partial charge in [0.05, 0.1) is 5.92 Å². The van der Waals surface area contributed by atoms with E-state index in [2.05, 4.69) is 36.3 Å². The fraction of sp³-hybridized carbons (Fsp3) is 0.632. The van der Waals surface area contributed by atoms with E-state index in [4.69, 9.17) is 0 Å². The number of carbonyl (C=O) groups is 1. The first-order valence-corrected chi connectivity index (χ1v) is 8.84. The van der Waals surface area contributed by atoms with E-state index in [1.54, 1.807) is 0 Å². The van der Waals surface area contributed by atoms with Crippen LogP contribution in [0.2, 0.25) is 0 Å². The third-order valence-corrected chi connectivity index (χ3v) is 5.33. The molecule has 0 spiro atoms. The molecule has 5 heteroatoms. The number of amides is 1. The van der Waals surface area contributed by atoms with Crippen molar-refractivity contribution in [3.63, 3.8) is 0 Å². The number of carbonyl (C=O) groups excluding carboxylic acids is 1. The Kier molecular flexibility index (Phi) is 4.67. The lowest BCUT2D eigenvalue weighted by Gasteiger charge is -2.43. The van der Waals surface area contributed by atoms with Gasteiger partial charge >= 0.3 is 0 Å². The number of nitrogens with zero attached hydrogens (tertiary/aromatic N) is 1. The molecule has 2 aliphatic heterocycles. The van der Waals surface area contributed by atoms with Gasteiger partial charge in [-0.3, -0.25) is 9.69 Å². The minimum atomic E-state index is -1.26. The number of hydrogen-bond donors (Lipinski definition) is 2. The Morgan fingerprint density at radius 3 is 2.25 bits per heavy atom. The lowest BCUT2D eigenvalue weighted by molar-refractivity contribution is -0.121. The second-order valence-electron chi connectivity index (χ2n) is 8.04. The maximum atomic E-state index is 15.3. The van der Waals surface area contributed by atoms with Crippen molar-refractivity contribution in [2.45, 2.75) is 44.8 Å². The largest absolute Gasteiger partial charge is 0.326 e. The van der Waals surface area contributed by atoms with Crippen LogP contribution in [0.1, 0.15) is 39.2 Å². The van der Waals surface area contributed by atoms with Crippen molar-refractivity contribution in [1.82, 2.24) is 10.2 Å². The average Bonchev–Trinajstić information content (AvgIpc) is 2.45. The van der Waals surface area contributed by atoms with Gasteiger partial charge in [0.2, 0.25) is 5.91 Å².